The number of carbonyl (C=O) groups excluding carboxylic acids is 3. The molecule has 1 aromatic heterocycles. The number of methoxy groups -OCH3 is 2. The van der Waals surface area contributed by atoms with Crippen LogP contribution in [0.3, 0.4) is 0 Å². The monoisotopic (exact) mass is 509 g/mol. The van der Waals surface area contributed by atoms with Crippen LogP contribution in [0.2, 0.25) is 0 Å². The molecule has 10 nitrogen and oxygen atoms in total. The molecule has 37 heavy (non-hydrogen) atoms. The molecule has 0 aliphatic carbocycles. The van der Waals surface area contributed by atoms with Crippen LogP contribution in [0.25, 0.3) is 0 Å². The van der Waals surface area contributed by atoms with Gasteiger partial charge in [-0.05, 0) is 30.7 Å². The number of carbonyl (C=O) groups is 3. The minimum atomic E-state index is -1.25. The summed E-state index contributed by atoms with van der Waals surface area (Å²) in [5.74, 6) is -0.638. The summed E-state index contributed by atoms with van der Waals surface area (Å²) in [6, 6.07) is 12.5. The summed E-state index contributed by atoms with van der Waals surface area (Å²) in [7, 11) is 4.58. The molecular weight excluding hydrogens is 481 g/mol. The van der Waals surface area contributed by atoms with E-state index in [1.807, 2.05) is 0 Å². The Labute approximate surface area is 213 Å². The second-order valence-electron chi connectivity index (χ2n) is 8.85. The van der Waals surface area contributed by atoms with E-state index in [-0.39, 0.29) is 36.8 Å². The Morgan fingerprint density at radius 3 is 2.49 bits per heavy atom. The van der Waals surface area contributed by atoms with Gasteiger partial charge in [-0.15, -0.1) is 0 Å². The van der Waals surface area contributed by atoms with Crippen LogP contribution in [-0.4, -0.2) is 59.2 Å². The van der Waals surface area contributed by atoms with Crippen molar-refractivity contribution in [3.63, 3.8) is 0 Å². The van der Waals surface area contributed by atoms with Gasteiger partial charge in [-0.2, -0.15) is 5.10 Å². The number of ether oxygens (including phenoxy) is 2. The smallest absolute Gasteiger partial charge is 0.272 e. The van der Waals surface area contributed by atoms with E-state index in [4.69, 9.17) is 9.47 Å². The average Bonchev–Trinajstić information content (AvgIpc) is 3.33. The van der Waals surface area contributed by atoms with Gasteiger partial charge in [-0.25, -0.2) is 4.39 Å². The molecule has 2 aromatic carbocycles. The van der Waals surface area contributed by atoms with Crippen LogP contribution in [0.5, 0.6) is 11.5 Å². The van der Waals surface area contributed by atoms with Gasteiger partial charge < -0.3 is 25.0 Å². The zero-order valence-electron chi connectivity index (χ0n) is 21.0. The maximum atomic E-state index is 13.2. The van der Waals surface area contributed by atoms with E-state index in [1.54, 1.807) is 37.3 Å². The fourth-order valence-electron chi connectivity index (χ4n) is 4.17. The molecule has 2 heterocycles. The highest BCUT2D eigenvalue weighted by Crippen LogP contribution is 2.31. The number of fused-ring (bicyclic) bond motifs is 1. The average molecular weight is 510 g/mol. The van der Waals surface area contributed by atoms with Crippen LogP contribution < -0.4 is 20.1 Å². The SMILES string of the molecule is COc1cccc(CNC(=O)c2cc3n(n2)C[C@@](C)(C(=O)NCc2ccc(F)cc2)N(C)C3=O)c1OC. The maximum Gasteiger partial charge on any atom is 0.272 e. The molecule has 0 unspecified atom stereocenters. The molecular formula is C26H28FN5O5. The third-order valence-electron chi connectivity index (χ3n) is 6.51. The van der Waals surface area contributed by atoms with Crippen LogP contribution in [0.1, 0.15) is 39.0 Å². The Hall–Kier alpha value is -4.41. The molecule has 1 atom stereocenters. The molecule has 0 bridgehead atoms. The quantitative estimate of drug-likeness (QED) is 0.481. The number of benzene rings is 2. The van der Waals surface area contributed by atoms with E-state index in [0.717, 1.165) is 5.56 Å². The van der Waals surface area contributed by atoms with E-state index < -0.39 is 23.3 Å². The molecule has 0 saturated carbocycles. The van der Waals surface area contributed by atoms with Crippen LogP contribution in [0.15, 0.2) is 48.5 Å². The zero-order valence-corrected chi connectivity index (χ0v) is 21.0. The molecule has 0 radical (unpaired) electrons. The van der Waals surface area contributed by atoms with E-state index in [9.17, 15) is 18.8 Å². The van der Waals surface area contributed by atoms with Gasteiger partial charge >= 0.3 is 0 Å². The molecule has 3 amide bonds. The molecule has 194 valence electrons. The number of nitrogens with one attached hydrogen (secondary N) is 2. The summed E-state index contributed by atoms with van der Waals surface area (Å²) in [6.07, 6.45) is 0. The van der Waals surface area contributed by atoms with E-state index in [2.05, 4.69) is 15.7 Å². The Morgan fingerprint density at radius 2 is 1.81 bits per heavy atom. The first-order valence-corrected chi connectivity index (χ1v) is 11.5. The number of halogens is 1. The molecule has 1 aliphatic heterocycles. The van der Waals surface area contributed by atoms with Gasteiger partial charge in [0.2, 0.25) is 5.91 Å². The van der Waals surface area contributed by atoms with Crippen LogP contribution >= 0.6 is 0 Å². The van der Waals surface area contributed by atoms with Crippen molar-refractivity contribution in [3.8, 4) is 11.5 Å². The predicted molar refractivity (Wildman–Crippen MR) is 132 cm³/mol. The Kier molecular flexibility index (Phi) is 7.14. The predicted octanol–water partition coefficient (Wildman–Crippen LogP) is 2.13. The number of hydrogen-bond acceptors (Lipinski definition) is 6. The highest BCUT2D eigenvalue weighted by Gasteiger charge is 2.46. The van der Waals surface area contributed by atoms with E-state index in [0.29, 0.717) is 17.1 Å². The van der Waals surface area contributed by atoms with E-state index in [1.165, 1.54) is 49.0 Å². The van der Waals surface area contributed by atoms with Crippen molar-refractivity contribution in [2.45, 2.75) is 32.1 Å². The number of amides is 3. The third-order valence-corrected chi connectivity index (χ3v) is 6.51. The zero-order chi connectivity index (χ0) is 26.7. The minimum absolute atomic E-state index is 0.0505. The summed E-state index contributed by atoms with van der Waals surface area (Å²) in [4.78, 5) is 40.4. The second-order valence-corrected chi connectivity index (χ2v) is 8.85. The molecule has 0 spiro atoms. The Morgan fingerprint density at radius 1 is 1.08 bits per heavy atom. The van der Waals surface area contributed by atoms with Crippen molar-refractivity contribution in [2.75, 3.05) is 21.3 Å². The summed E-state index contributed by atoms with van der Waals surface area (Å²) < 4.78 is 25.2. The van der Waals surface area contributed by atoms with Gasteiger partial charge in [0.05, 0.1) is 20.8 Å². The first-order chi connectivity index (χ1) is 17.7. The fraction of sp³-hybridized carbons (Fsp3) is 0.308. The number of rotatable bonds is 8. The van der Waals surface area contributed by atoms with Gasteiger partial charge in [0.25, 0.3) is 11.8 Å². The topological polar surface area (TPSA) is 115 Å². The lowest BCUT2D eigenvalue weighted by Crippen LogP contribution is -2.62. The summed E-state index contributed by atoms with van der Waals surface area (Å²) in [5, 5.41) is 9.89. The van der Waals surface area contributed by atoms with Gasteiger partial charge in [0.15, 0.2) is 17.2 Å². The van der Waals surface area contributed by atoms with Crippen molar-refractivity contribution in [3.05, 3.63) is 76.9 Å². The number of para-hydroxylation sites is 1. The number of likely N-dealkylation sites (N-methyl/N-ethyl adjacent to an activating group) is 1. The first kappa shape index (κ1) is 25.7. The highest BCUT2D eigenvalue weighted by molar-refractivity contribution is 6.01. The standard InChI is InChI=1S/C26H28FN5O5/c1-26(25(35)29-13-16-8-10-18(27)11-9-16)15-32-20(24(34)31(26)2)12-19(30-32)23(33)28-14-17-6-5-7-21(36-3)22(17)37-4/h5-12H,13-15H2,1-4H3,(H,28,33)(H,29,35)/t26-/m0/s1. The van der Waals surface area contributed by atoms with Crippen LogP contribution in [-0.2, 0) is 24.4 Å². The highest BCUT2D eigenvalue weighted by atomic mass is 19.1. The number of aromatic nitrogens is 2. The first-order valence-electron chi connectivity index (χ1n) is 11.5. The fourth-order valence-corrected chi connectivity index (χ4v) is 4.17. The Bertz CT molecular complexity index is 1340. The van der Waals surface area contributed by atoms with Gasteiger partial charge in [-0.1, -0.05) is 24.3 Å². The van der Waals surface area contributed by atoms with Crippen LogP contribution in [0, 0.1) is 5.82 Å². The molecule has 3 aromatic rings. The molecule has 4 rings (SSSR count). The summed E-state index contributed by atoms with van der Waals surface area (Å²) in [6.45, 7) is 2.00. The van der Waals surface area contributed by atoms with Gasteiger partial charge in [0, 0.05) is 31.8 Å². The molecule has 0 saturated heterocycles. The van der Waals surface area contributed by atoms with Gasteiger partial charge in [0.1, 0.15) is 17.1 Å². The molecule has 1 aliphatic rings. The van der Waals surface area contributed by atoms with Gasteiger partial charge in [-0.3, -0.25) is 19.1 Å². The lowest BCUT2D eigenvalue weighted by atomic mass is 9.96. The number of hydrogen-bond donors (Lipinski definition) is 2. The number of nitrogens with zero attached hydrogens (tertiary/aromatic N) is 3. The van der Waals surface area contributed by atoms with Crippen molar-refractivity contribution >= 4 is 17.7 Å². The largest absolute Gasteiger partial charge is 0.493 e. The van der Waals surface area contributed by atoms with Crippen LogP contribution in [0.4, 0.5) is 4.39 Å². The maximum absolute atomic E-state index is 13.2. The van der Waals surface area contributed by atoms with Crippen molar-refractivity contribution in [1.82, 2.24) is 25.3 Å². The molecule has 2 N–H and O–H groups in total. The minimum Gasteiger partial charge on any atom is -0.493 e. The summed E-state index contributed by atoms with van der Waals surface area (Å²) in [5.41, 5.74) is 0.428. The van der Waals surface area contributed by atoms with Crippen molar-refractivity contribution in [2.24, 2.45) is 0 Å². The van der Waals surface area contributed by atoms with E-state index >= 15 is 0 Å². The van der Waals surface area contributed by atoms with Crippen molar-refractivity contribution in [1.29, 1.82) is 0 Å². The Balaban J connectivity index is 1.47. The summed E-state index contributed by atoms with van der Waals surface area (Å²) >= 11 is 0. The lowest BCUT2D eigenvalue weighted by molar-refractivity contribution is -0.132. The normalized spacial score (nSPS) is 16.7. The lowest BCUT2D eigenvalue weighted by Gasteiger charge is -2.40. The third kappa shape index (κ3) is 4.97. The molecule has 0 fully saturated rings. The molecule has 11 heteroatoms. The second kappa shape index (κ2) is 10.3. The van der Waals surface area contributed by atoms with Crippen molar-refractivity contribution < 1.29 is 28.2 Å².